The van der Waals surface area contributed by atoms with Crippen LogP contribution in [0.4, 0.5) is 5.69 Å². The topological polar surface area (TPSA) is 71.3 Å². The van der Waals surface area contributed by atoms with Crippen molar-refractivity contribution in [1.82, 2.24) is 4.90 Å². The fourth-order valence-electron chi connectivity index (χ4n) is 2.90. The highest BCUT2D eigenvalue weighted by molar-refractivity contribution is 6.00. The van der Waals surface area contributed by atoms with Gasteiger partial charge in [-0.2, -0.15) is 0 Å². The Balaban J connectivity index is 2.05. The van der Waals surface area contributed by atoms with Gasteiger partial charge in [-0.1, -0.05) is 26.0 Å². The minimum absolute atomic E-state index is 0.0849. The Hall–Kier alpha value is -2.08. The molecule has 1 radical (unpaired) electrons. The van der Waals surface area contributed by atoms with Crippen molar-refractivity contribution < 1.29 is 9.53 Å². The second-order valence-electron chi connectivity index (χ2n) is 6.32. The molecule has 6 heteroatoms. The van der Waals surface area contributed by atoms with Gasteiger partial charge in [0.2, 0.25) is 0 Å². The number of ether oxygens (including phenoxy) is 1. The predicted octanol–water partition coefficient (Wildman–Crippen LogP) is 3.37. The molecule has 1 heterocycles. The van der Waals surface area contributed by atoms with Gasteiger partial charge < -0.3 is 9.64 Å². The molecular formula is C18H24N3O3. The van der Waals surface area contributed by atoms with Crippen molar-refractivity contribution in [2.75, 3.05) is 26.7 Å². The summed E-state index contributed by atoms with van der Waals surface area (Å²) in [6.45, 7) is 7.37. The monoisotopic (exact) mass is 330 g/mol. The summed E-state index contributed by atoms with van der Waals surface area (Å²) in [4.78, 5) is 29.9. The number of aliphatic imine (C=N–C) groups is 1. The lowest BCUT2D eigenvalue weighted by atomic mass is 10.0. The lowest BCUT2D eigenvalue weighted by molar-refractivity contribution is 0.0601. The number of hydrogen-bond acceptors (Lipinski definition) is 6. The second-order valence-corrected chi connectivity index (χ2v) is 6.32. The van der Waals surface area contributed by atoms with Crippen LogP contribution in [0, 0.1) is 10.8 Å². The molecule has 0 N–H and O–H groups in total. The maximum absolute atomic E-state index is 11.7. The first-order chi connectivity index (χ1) is 11.5. The molecular weight excluding hydrogens is 306 g/mol. The van der Waals surface area contributed by atoms with Crippen LogP contribution < -0.4 is 0 Å². The van der Waals surface area contributed by atoms with E-state index in [0.717, 1.165) is 32.5 Å². The van der Waals surface area contributed by atoms with Crippen molar-refractivity contribution >= 4 is 17.9 Å². The quantitative estimate of drug-likeness (QED) is 0.455. The van der Waals surface area contributed by atoms with Crippen LogP contribution in [0.2, 0.25) is 0 Å². The number of piperidine rings is 1. The van der Waals surface area contributed by atoms with Gasteiger partial charge in [0.1, 0.15) is 5.69 Å². The number of nitroso groups, excluding NO2 is 1. The summed E-state index contributed by atoms with van der Waals surface area (Å²) >= 11 is 0. The van der Waals surface area contributed by atoms with Crippen molar-refractivity contribution in [1.29, 1.82) is 0 Å². The average molecular weight is 330 g/mol. The number of likely N-dealkylation sites (tertiary alicyclic amines) is 1. The van der Waals surface area contributed by atoms with Crippen molar-refractivity contribution in [2.45, 2.75) is 32.7 Å². The summed E-state index contributed by atoms with van der Waals surface area (Å²) < 4.78 is 4.68. The smallest absolute Gasteiger partial charge is 0.340 e. The number of methoxy groups -OCH3 is 1. The molecule has 1 aromatic carbocycles. The van der Waals surface area contributed by atoms with E-state index in [2.05, 4.69) is 33.7 Å². The van der Waals surface area contributed by atoms with Crippen molar-refractivity contribution in [3.8, 4) is 0 Å². The molecule has 1 fully saturated rings. The van der Waals surface area contributed by atoms with Crippen LogP contribution >= 0.6 is 0 Å². The standard InChI is InChI=1S/C18H24N3O3/c1-13(2)12-21-9-7-15(8-10-21)19-11-14-5-4-6-16(17(14)20-23)18(22)24-3/h4-6,11,15H,7-10,12H2,1-3H3. The number of rotatable bonds is 6. The fourth-order valence-corrected chi connectivity index (χ4v) is 2.90. The lowest BCUT2D eigenvalue weighted by Crippen LogP contribution is -2.37. The first-order valence-corrected chi connectivity index (χ1v) is 8.14. The lowest BCUT2D eigenvalue weighted by Gasteiger charge is -2.31. The molecule has 0 amide bonds. The van der Waals surface area contributed by atoms with Gasteiger partial charge in [0, 0.05) is 31.4 Å². The number of carbonyl (C=O) groups is 1. The Morgan fingerprint density at radius 1 is 1.33 bits per heavy atom. The SMILES string of the molecule is COC(=O)c1cccc(C=NC2CCN(C[C](C)C)CC2)c1N=O. The normalized spacial score (nSPS) is 16.7. The number of carbonyl (C=O) groups excluding carboxylic acids is 1. The molecule has 0 aromatic heterocycles. The van der Waals surface area contributed by atoms with Crippen LogP contribution in [0.5, 0.6) is 0 Å². The summed E-state index contributed by atoms with van der Waals surface area (Å²) in [6.07, 6.45) is 3.63. The molecule has 1 aromatic rings. The highest BCUT2D eigenvalue weighted by Crippen LogP contribution is 2.24. The molecule has 0 spiro atoms. The van der Waals surface area contributed by atoms with E-state index in [1.54, 1.807) is 18.3 Å². The third-order valence-electron chi connectivity index (χ3n) is 4.09. The van der Waals surface area contributed by atoms with Gasteiger partial charge in [-0.15, -0.1) is 4.91 Å². The highest BCUT2D eigenvalue weighted by atomic mass is 16.5. The minimum Gasteiger partial charge on any atom is -0.465 e. The van der Waals surface area contributed by atoms with Crippen molar-refractivity contribution in [2.24, 2.45) is 10.2 Å². The summed E-state index contributed by atoms with van der Waals surface area (Å²) in [5, 5.41) is 2.99. The Labute approximate surface area is 142 Å². The van der Waals surface area contributed by atoms with Crippen LogP contribution in [0.25, 0.3) is 0 Å². The van der Waals surface area contributed by atoms with E-state index in [1.165, 1.54) is 19.1 Å². The zero-order valence-electron chi connectivity index (χ0n) is 14.5. The minimum atomic E-state index is -0.570. The highest BCUT2D eigenvalue weighted by Gasteiger charge is 2.19. The van der Waals surface area contributed by atoms with Gasteiger partial charge in [0.25, 0.3) is 0 Å². The fraction of sp³-hybridized carbons (Fsp3) is 0.500. The molecule has 24 heavy (non-hydrogen) atoms. The van der Waals surface area contributed by atoms with Gasteiger partial charge in [-0.05, 0) is 30.0 Å². The zero-order valence-corrected chi connectivity index (χ0v) is 14.5. The van der Waals surface area contributed by atoms with E-state index in [1.807, 2.05) is 0 Å². The Morgan fingerprint density at radius 2 is 2.04 bits per heavy atom. The van der Waals surface area contributed by atoms with E-state index in [4.69, 9.17) is 0 Å². The largest absolute Gasteiger partial charge is 0.465 e. The number of benzene rings is 1. The molecule has 1 aliphatic heterocycles. The summed E-state index contributed by atoms with van der Waals surface area (Å²) in [7, 11) is 1.28. The van der Waals surface area contributed by atoms with Gasteiger partial charge in [0.15, 0.2) is 0 Å². The third-order valence-corrected chi connectivity index (χ3v) is 4.09. The van der Waals surface area contributed by atoms with Crippen LogP contribution in [0.3, 0.4) is 0 Å². The molecule has 0 aliphatic carbocycles. The van der Waals surface area contributed by atoms with E-state index < -0.39 is 5.97 Å². The summed E-state index contributed by atoms with van der Waals surface area (Å²) in [5.74, 6) is 0.845. The van der Waals surface area contributed by atoms with Gasteiger partial charge in [-0.25, -0.2) is 4.79 Å². The molecule has 0 atom stereocenters. The Kier molecular flexibility index (Phi) is 6.61. The molecule has 1 aliphatic rings. The zero-order chi connectivity index (χ0) is 17.5. The van der Waals surface area contributed by atoms with Crippen LogP contribution in [-0.2, 0) is 4.74 Å². The van der Waals surface area contributed by atoms with Crippen LogP contribution in [0.1, 0.15) is 42.6 Å². The van der Waals surface area contributed by atoms with Crippen molar-refractivity contribution in [3.05, 3.63) is 40.2 Å². The molecule has 1 saturated heterocycles. The molecule has 0 saturated carbocycles. The first-order valence-electron chi connectivity index (χ1n) is 8.14. The van der Waals surface area contributed by atoms with E-state index in [-0.39, 0.29) is 17.3 Å². The van der Waals surface area contributed by atoms with Gasteiger partial charge in [-0.3, -0.25) is 4.99 Å². The molecule has 0 unspecified atom stereocenters. The first kappa shape index (κ1) is 18.3. The van der Waals surface area contributed by atoms with Crippen LogP contribution in [-0.4, -0.2) is 49.9 Å². The Morgan fingerprint density at radius 3 is 2.62 bits per heavy atom. The maximum atomic E-state index is 11.7. The van der Waals surface area contributed by atoms with E-state index in [0.29, 0.717) is 5.56 Å². The van der Waals surface area contributed by atoms with Gasteiger partial charge in [0.05, 0.1) is 18.7 Å². The molecule has 129 valence electrons. The second kappa shape index (κ2) is 8.68. The van der Waals surface area contributed by atoms with E-state index in [9.17, 15) is 9.70 Å². The average Bonchev–Trinajstić information content (AvgIpc) is 2.59. The number of nitrogens with zero attached hydrogens (tertiary/aromatic N) is 3. The Bertz CT molecular complexity index is 606. The van der Waals surface area contributed by atoms with Gasteiger partial charge >= 0.3 is 5.97 Å². The van der Waals surface area contributed by atoms with Crippen molar-refractivity contribution in [3.63, 3.8) is 0 Å². The third kappa shape index (κ3) is 4.71. The van der Waals surface area contributed by atoms with E-state index >= 15 is 0 Å². The molecule has 6 nitrogen and oxygen atoms in total. The summed E-state index contributed by atoms with van der Waals surface area (Å²) in [6, 6.07) is 5.20. The number of hydrogen-bond donors (Lipinski definition) is 0. The maximum Gasteiger partial charge on any atom is 0.340 e. The molecule has 2 rings (SSSR count). The summed E-state index contributed by atoms with van der Waals surface area (Å²) in [5.41, 5.74) is 0.801. The molecule has 0 bridgehead atoms. The predicted molar refractivity (Wildman–Crippen MR) is 94.9 cm³/mol. The number of esters is 1. The van der Waals surface area contributed by atoms with Crippen LogP contribution in [0.15, 0.2) is 28.4 Å².